The summed E-state index contributed by atoms with van der Waals surface area (Å²) in [4.78, 5) is 38.4. The van der Waals surface area contributed by atoms with Crippen molar-refractivity contribution in [2.45, 2.75) is 18.9 Å². The van der Waals surface area contributed by atoms with Crippen LogP contribution in [-0.2, 0) is 9.78 Å². The molecule has 7 heteroatoms. The molecule has 1 aromatic carbocycles. The summed E-state index contributed by atoms with van der Waals surface area (Å²) >= 11 is 0. The van der Waals surface area contributed by atoms with E-state index in [4.69, 9.17) is 0 Å². The second-order valence-electron chi connectivity index (χ2n) is 6.67. The van der Waals surface area contributed by atoms with Crippen LogP contribution in [0.3, 0.4) is 0 Å². The van der Waals surface area contributed by atoms with Crippen molar-refractivity contribution in [1.82, 2.24) is 10.3 Å². The van der Waals surface area contributed by atoms with E-state index in [1.807, 2.05) is 12.1 Å². The first-order chi connectivity index (χ1) is 12.2. The number of hydrogen-bond acceptors (Lipinski definition) is 6. The van der Waals surface area contributed by atoms with Gasteiger partial charge in [-0.2, -0.15) is 4.89 Å². The van der Waals surface area contributed by atoms with Gasteiger partial charge < -0.3 is 15.2 Å². The molecular weight excluding hydrogens is 322 g/mol. The summed E-state index contributed by atoms with van der Waals surface area (Å²) in [7, 11) is 1.22. The van der Waals surface area contributed by atoms with Crippen molar-refractivity contribution < 1.29 is 14.6 Å². The Hall–Kier alpha value is -2.38. The molecule has 7 nitrogen and oxygen atoms in total. The fourth-order valence-electron chi connectivity index (χ4n) is 3.94. The summed E-state index contributed by atoms with van der Waals surface area (Å²) in [6, 6.07) is 6.23. The number of piperidine rings is 1. The van der Waals surface area contributed by atoms with Gasteiger partial charge in [-0.25, -0.2) is 4.79 Å². The number of aromatic nitrogens is 1. The number of hydrogen-bond donors (Lipinski definition) is 2. The van der Waals surface area contributed by atoms with Crippen molar-refractivity contribution in [3.8, 4) is 0 Å². The maximum absolute atomic E-state index is 12.5. The topological polar surface area (TPSA) is 83.7 Å². The lowest BCUT2D eigenvalue weighted by molar-refractivity contribution is -0.216. The van der Waals surface area contributed by atoms with Crippen molar-refractivity contribution in [2.75, 3.05) is 31.6 Å². The molecule has 1 aromatic heterocycles. The second-order valence-corrected chi connectivity index (χ2v) is 6.67. The highest BCUT2D eigenvalue weighted by Crippen LogP contribution is 2.30. The lowest BCUT2D eigenvalue weighted by atomic mass is 9.94. The largest absolute Gasteiger partial charge is 0.378 e. The predicted molar refractivity (Wildman–Crippen MR) is 93.7 cm³/mol. The van der Waals surface area contributed by atoms with E-state index in [-0.39, 0.29) is 11.0 Å². The van der Waals surface area contributed by atoms with Crippen molar-refractivity contribution in [2.24, 2.45) is 5.92 Å². The minimum Gasteiger partial charge on any atom is -0.370 e. The number of benzene rings is 1. The molecule has 2 aromatic rings. The number of carbonyl (C=O) groups is 1. The van der Waals surface area contributed by atoms with Crippen LogP contribution in [0.25, 0.3) is 10.9 Å². The molecule has 2 unspecified atom stereocenters. The van der Waals surface area contributed by atoms with Crippen LogP contribution in [0.4, 0.5) is 5.69 Å². The molecule has 4 rings (SSSR count). The number of rotatable bonds is 3. The van der Waals surface area contributed by atoms with E-state index >= 15 is 0 Å². The second kappa shape index (κ2) is 6.50. The van der Waals surface area contributed by atoms with E-state index in [1.165, 1.54) is 26.1 Å². The third-order valence-corrected chi connectivity index (χ3v) is 5.21. The molecule has 0 amide bonds. The van der Waals surface area contributed by atoms with Crippen LogP contribution >= 0.6 is 0 Å². The molecule has 2 aliphatic heterocycles. The highest BCUT2D eigenvalue weighted by atomic mass is 17.2. The summed E-state index contributed by atoms with van der Waals surface area (Å²) in [6.45, 7) is 3.12. The minimum absolute atomic E-state index is 0.0708. The lowest BCUT2D eigenvalue weighted by Crippen LogP contribution is -2.40. The van der Waals surface area contributed by atoms with Gasteiger partial charge in [-0.3, -0.25) is 9.68 Å². The Kier molecular flexibility index (Phi) is 4.19. The number of H-pyrrole nitrogens is 1. The van der Waals surface area contributed by atoms with Crippen molar-refractivity contribution >= 4 is 22.6 Å². The highest BCUT2D eigenvalue weighted by molar-refractivity contribution is 5.93. The molecule has 3 heterocycles. The predicted octanol–water partition coefficient (Wildman–Crippen LogP) is 1.43. The van der Waals surface area contributed by atoms with E-state index in [0.717, 1.165) is 25.3 Å². The molecule has 2 saturated heterocycles. The van der Waals surface area contributed by atoms with Gasteiger partial charge in [0.2, 0.25) is 5.43 Å². The van der Waals surface area contributed by atoms with Gasteiger partial charge in [-0.15, -0.1) is 0 Å². The summed E-state index contributed by atoms with van der Waals surface area (Å²) < 4.78 is 0. The maximum Gasteiger partial charge on any atom is 0.378 e. The van der Waals surface area contributed by atoms with Crippen molar-refractivity contribution in [3.63, 3.8) is 0 Å². The molecule has 0 radical (unpaired) electrons. The number of nitrogens with one attached hydrogen (secondary N) is 2. The maximum atomic E-state index is 12.5. The summed E-state index contributed by atoms with van der Waals surface area (Å²) in [6.07, 6.45) is 3.88. The fourth-order valence-corrected chi connectivity index (χ4v) is 3.94. The van der Waals surface area contributed by atoms with Gasteiger partial charge in [0.15, 0.2) is 0 Å². The van der Waals surface area contributed by atoms with Gasteiger partial charge in [0.1, 0.15) is 5.56 Å². The number of pyridine rings is 1. The Morgan fingerprint density at radius 3 is 3.00 bits per heavy atom. The third-order valence-electron chi connectivity index (χ3n) is 5.21. The summed E-state index contributed by atoms with van der Waals surface area (Å²) in [5.74, 6) is -0.112. The number of anilines is 1. The zero-order valence-electron chi connectivity index (χ0n) is 14.1. The summed E-state index contributed by atoms with van der Waals surface area (Å²) in [5.41, 5.74) is 1.36. The average Bonchev–Trinajstić information content (AvgIpc) is 3.06. The number of nitrogens with zero attached hydrogens (tertiary/aromatic N) is 1. The quantitative estimate of drug-likeness (QED) is 0.648. The van der Waals surface area contributed by atoms with Gasteiger partial charge in [-0.05, 0) is 43.5 Å². The van der Waals surface area contributed by atoms with E-state index in [0.29, 0.717) is 22.9 Å². The molecule has 132 valence electrons. The van der Waals surface area contributed by atoms with E-state index in [9.17, 15) is 9.59 Å². The molecule has 0 spiro atoms. The molecule has 0 aliphatic carbocycles. The summed E-state index contributed by atoms with van der Waals surface area (Å²) in [5, 5.41) is 4.06. The lowest BCUT2D eigenvalue weighted by Gasteiger charge is -2.24. The smallest absolute Gasteiger partial charge is 0.370 e. The normalized spacial score (nSPS) is 22.8. The Morgan fingerprint density at radius 1 is 1.32 bits per heavy atom. The van der Waals surface area contributed by atoms with E-state index < -0.39 is 5.97 Å². The fraction of sp³-hybridized carbons (Fsp3) is 0.444. The van der Waals surface area contributed by atoms with Gasteiger partial charge in [0, 0.05) is 36.4 Å². The SMILES string of the molecule is COOC(=O)c1c[nH]c2cc(N3CC4CCCNC4C3)ccc2c1=O. The van der Waals surface area contributed by atoms with Crippen molar-refractivity contribution in [3.05, 3.63) is 40.2 Å². The van der Waals surface area contributed by atoms with Crippen LogP contribution in [0, 0.1) is 5.92 Å². The molecule has 2 fully saturated rings. The van der Waals surface area contributed by atoms with Gasteiger partial charge in [0.05, 0.1) is 12.6 Å². The van der Waals surface area contributed by atoms with Crippen LogP contribution in [-0.4, -0.2) is 43.7 Å². The molecule has 2 aliphatic rings. The molecule has 2 atom stereocenters. The Labute approximate surface area is 144 Å². The monoisotopic (exact) mass is 343 g/mol. The molecular formula is C18H21N3O4. The first kappa shape index (κ1) is 16.1. The standard InChI is InChI=1S/C18H21N3O4/c1-24-25-18(23)14-8-20-15-7-12(4-5-13(15)17(14)22)21-9-11-3-2-6-19-16(11)10-21/h4-5,7-8,11,16,19H,2-3,6,9-10H2,1H3,(H,20,22). The average molecular weight is 343 g/mol. The first-order valence-corrected chi connectivity index (χ1v) is 8.56. The Balaban J connectivity index is 1.64. The number of fused-ring (bicyclic) bond motifs is 2. The zero-order valence-corrected chi connectivity index (χ0v) is 14.1. The molecule has 2 N–H and O–H groups in total. The van der Waals surface area contributed by atoms with Crippen LogP contribution in [0.1, 0.15) is 23.2 Å². The van der Waals surface area contributed by atoms with E-state index in [2.05, 4.69) is 25.0 Å². The van der Waals surface area contributed by atoms with Gasteiger partial charge in [0.25, 0.3) is 0 Å². The number of aromatic amines is 1. The van der Waals surface area contributed by atoms with Gasteiger partial charge >= 0.3 is 5.97 Å². The molecule has 25 heavy (non-hydrogen) atoms. The van der Waals surface area contributed by atoms with Crippen LogP contribution in [0.2, 0.25) is 0 Å². The first-order valence-electron chi connectivity index (χ1n) is 8.56. The minimum atomic E-state index is -0.801. The molecule has 0 bridgehead atoms. The van der Waals surface area contributed by atoms with Crippen LogP contribution in [0.5, 0.6) is 0 Å². The van der Waals surface area contributed by atoms with E-state index in [1.54, 1.807) is 6.07 Å². The highest BCUT2D eigenvalue weighted by Gasteiger charge is 2.34. The van der Waals surface area contributed by atoms with Crippen molar-refractivity contribution in [1.29, 1.82) is 0 Å². The Bertz CT molecular complexity index is 849. The Morgan fingerprint density at radius 2 is 2.20 bits per heavy atom. The van der Waals surface area contributed by atoms with Crippen LogP contribution < -0.4 is 15.6 Å². The third kappa shape index (κ3) is 2.89. The zero-order chi connectivity index (χ0) is 17.4. The van der Waals surface area contributed by atoms with Gasteiger partial charge in [-0.1, -0.05) is 0 Å². The van der Waals surface area contributed by atoms with Crippen LogP contribution in [0.15, 0.2) is 29.2 Å². The molecule has 0 saturated carbocycles. The number of carbonyl (C=O) groups excluding carboxylic acids is 1.